The molecule has 0 spiro atoms. The molecule has 1 aromatic carbocycles. The first-order valence-electron chi connectivity index (χ1n) is 7.32. The van der Waals surface area contributed by atoms with Gasteiger partial charge in [0.2, 0.25) is 5.91 Å². The lowest BCUT2D eigenvalue weighted by Crippen LogP contribution is -2.51. The highest BCUT2D eigenvalue weighted by atomic mass is 35.5. The number of aryl methyl sites for hydroxylation is 1. The number of non-ortho nitro benzene ring substituents is 1. The van der Waals surface area contributed by atoms with Gasteiger partial charge in [-0.05, 0) is 38.3 Å². The highest BCUT2D eigenvalue weighted by Gasteiger charge is 2.22. The molecule has 7 heteroatoms. The number of rotatable bonds is 5. The van der Waals surface area contributed by atoms with Crippen LogP contribution in [0.4, 0.5) is 5.69 Å². The van der Waals surface area contributed by atoms with Gasteiger partial charge in [0.05, 0.1) is 4.92 Å². The third kappa shape index (κ3) is 5.27. The zero-order chi connectivity index (χ0) is 15.2. The molecule has 0 aliphatic carbocycles. The number of nitro benzene ring substituents is 1. The number of benzene rings is 1. The van der Waals surface area contributed by atoms with Crippen LogP contribution in [0, 0.1) is 10.1 Å². The fourth-order valence-electron chi connectivity index (χ4n) is 2.60. The first-order valence-corrected chi connectivity index (χ1v) is 7.32. The maximum absolute atomic E-state index is 12.0. The summed E-state index contributed by atoms with van der Waals surface area (Å²) in [4.78, 5) is 22.3. The van der Waals surface area contributed by atoms with Gasteiger partial charge in [-0.3, -0.25) is 14.9 Å². The van der Waals surface area contributed by atoms with E-state index >= 15 is 0 Å². The Morgan fingerprint density at radius 2 is 2.27 bits per heavy atom. The summed E-state index contributed by atoms with van der Waals surface area (Å²) < 4.78 is 0. The predicted molar refractivity (Wildman–Crippen MR) is 87.3 cm³/mol. The zero-order valence-corrected chi connectivity index (χ0v) is 13.4. The smallest absolute Gasteiger partial charge is 0.269 e. The number of nitrogens with zero attached hydrogens (tertiary/aromatic N) is 1. The number of nitrogens with one attached hydrogen (secondary N) is 2. The van der Waals surface area contributed by atoms with Gasteiger partial charge in [-0.25, -0.2) is 0 Å². The van der Waals surface area contributed by atoms with Gasteiger partial charge in [0, 0.05) is 30.6 Å². The summed E-state index contributed by atoms with van der Waals surface area (Å²) in [6, 6.07) is 6.91. The molecule has 0 saturated carbocycles. The number of piperidine rings is 1. The molecule has 2 N–H and O–H groups in total. The van der Waals surface area contributed by atoms with E-state index in [-0.39, 0.29) is 30.0 Å². The molecular formula is C15H22ClN3O3. The SMILES string of the molecule is CC1NCCCC1NC(=O)CCc1cccc([N+](=O)[O-])c1.Cl. The van der Waals surface area contributed by atoms with E-state index < -0.39 is 4.92 Å². The van der Waals surface area contributed by atoms with Crippen LogP contribution in [-0.2, 0) is 11.2 Å². The molecule has 0 bridgehead atoms. The Labute approximate surface area is 136 Å². The molecule has 1 amide bonds. The minimum absolute atomic E-state index is 0. The average Bonchev–Trinajstić information content (AvgIpc) is 2.48. The van der Waals surface area contributed by atoms with E-state index in [1.807, 2.05) is 6.07 Å². The molecule has 0 aromatic heterocycles. The van der Waals surface area contributed by atoms with Gasteiger partial charge in [-0.2, -0.15) is 0 Å². The van der Waals surface area contributed by atoms with Crippen LogP contribution < -0.4 is 10.6 Å². The molecule has 122 valence electrons. The molecule has 1 aliphatic rings. The van der Waals surface area contributed by atoms with Crippen LogP contribution >= 0.6 is 12.4 Å². The summed E-state index contributed by atoms with van der Waals surface area (Å²) in [5.41, 5.74) is 0.882. The summed E-state index contributed by atoms with van der Waals surface area (Å²) >= 11 is 0. The highest BCUT2D eigenvalue weighted by Crippen LogP contribution is 2.14. The lowest BCUT2D eigenvalue weighted by molar-refractivity contribution is -0.384. The molecule has 2 atom stereocenters. The maximum atomic E-state index is 12.0. The normalized spacial score (nSPS) is 20.8. The molecule has 2 rings (SSSR count). The topological polar surface area (TPSA) is 84.3 Å². The van der Waals surface area contributed by atoms with Crippen LogP contribution in [0.2, 0.25) is 0 Å². The van der Waals surface area contributed by atoms with E-state index in [9.17, 15) is 14.9 Å². The third-order valence-electron chi connectivity index (χ3n) is 3.87. The first kappa shape index (κ1) is 18.4. The van der Waals surface area contributed by atoms with Crippen molar-refractivity contribution in [3.05, 3.63) is 39.9 Å². The Balaban J connectivity index is 0.00000242. The number of carbonyl (C=O) groups excluding carboxylic acids is 1. The summed E-state index contributed by atoms with van der Waals surface area (Å²) in [5, 5.41) is 17.1. The zero-order valence-electron chi connectivity index (χ0n) is 12.6. The third-order valence-corrected chi connectivity index (χ3v) is 3.87. The van der Waals surface area contributed by atoms with E-state index in [1.54, 1.807) is 6.07 Å². The van der Waals surface area contributed by atoms with Gasteiger partial charge in [0.15, 0.2) is 0 Å². The summed E-state index contributed by atoms with van der Waals surface area (Å²) in [6.45, 7) is 3.08. The van der Waals surface area contributed by atoms with Crippen LogP contribution in [0.1, 0.15) is 31.7 Å². The quantitative estimate of drug-likeness (QED) is 0.641. The first-order chi connectivity index (χ1) is 10.1. The minimum atomic E-state index is -0.418. The second-order valence-electron chi connectivity index (χ2n) is 5.49. The standard InChI is InChI=1S/C15H21N3O3.ClH/c1-11-14(6-3-9-16-11)17-15(19)8-7-12-4-2-5-13(10-12)18(20)21;/h2,4-5,10-11,14,16H,3,6-9H2,1H3,(H,17,19);1H. The number of nitro groups is 1. The molecule has 1 heterocycles. The van der Waals surface area contributed by atoms with E-state index in [0.29, 0.717) is 18.9 Å². The fourth-order valence-corrected chi connectivity index (χ4v) is 2.60. The second kappa shape index (κ2) is 8.70. The van der Waals surface area contributed by atoms with Crippen LogP contribution in [0.5, 0.6) is 0 Å². The lowest BCUT2D eigenvalue weighted by atomic mass is 9.99. The van der Waals surface area contributed by atoms with Gasteiger partial charge >= 0.3 is 0 Å². The maximum Gasteiger partial charge on any atom is 0.269 e. The Bertz CT molecular complexity index is 525. The van der Waals surface area contributed by atoms with Gasteiger partial charge < -0.3 is 10.6 Å². The minimum Gasteiger partial charge on any atom is -0.352 e. The number of hydrogen-bond acceptors (Lipinski definition) is 4. The molecule has 1 fully saturated rings. The number of carbonyl (C=O) groups is 1. The van der Waals surface area contributed by atoms with Crippen molar-refractivity contribution in [2.75, 3.05) is 6.54 Å². The molecule has 0 radical (unpaired) electrons. The van der Waals surface area contributed by atoms with Crippen LogP contribution in [-0.4, -0.2) is 29.5 Å². The largest absolute Gasteiger partial charge is 0.352 e. The van der Waals surface area contributed by atoms with Crippen molar-refractivity contribution in [2.24, 2.45) is 0 Å². The summed E-state index contributed by atoms with van der Waals surface area (Å²) in [5.74, 6) is 0.00190. The van der Waals surface area contributed by atoms with E-state index in [0.717, 1.165) is 24.9 Å². The molecular weight excluding hydrogens is 306 g/mol. The van der Waals surface area contributed by atoms with Crippen molar-refractivity contribution < 1.29 is 9.72 Å². The highest BCUT2D eigenvalue weighted by molar-refractivity contribution is 5.85. The molecule has 1 aliphatic heterocycles. The van der Waals surface area contributed by atoms with Crippen molar-refractivity contribution in [1.82, 2.24) is 10.6 Å². The lowest BCUT2D eigenvalue weighted by Gasteiger charge is -2.30. The van der Waals surface area contributed by atoms with Crippen molar-refractivity contribution in [2.45, 2.75) is 44.7 Å². The average molecular weight is 328 g/mol. The van der Waals surface area contributed by atoms with Crippen molar-refractivity contribution in [3.8, 4) is 0 Å². The molecule has 1 saturated heterocycles. The number of amides is 1. The monoisotopic (exact) mass is 327 g/mol. The summed E-state index contributed by atoms with van der Waals surface area (Å²) in [6.07, 6.45) is 2.93. The summed E-state index contributed by atoms with van der Waals surface area (Å²) in [7, 11) is 0. The van der Waals surface area contributed by atoms with Crippen molar-refractivity contribution >= 4 is 24.0 Å². The van der Waals surface area contributed by atoms with Gasteiger partial charge in [0.1, 0.15) is 0 Å². The van der Waals surface area contributed by atoms with Crippen molar-refractivity contribution in [1.29, 1.82) is 0 Å². The second-order valence-corrected chi connectivity index (χ2v) is 5.49. The van der Waals surface area contributed by atoms with Crippen molar-refractivity contribution in [3.63, 3.8) is 0 Å². The Hall–Kier alpha value is -1.66. The van der Waals surface area contributed by atoms with Crippen LogP contribution in [0.15, 0.2) is 24.3 Å². The molecule has 1 aromatic rings. The van der Waals surface area contributed by atoms with Crippen LogP contribution in [0.3, 0.4) is 0 Å². The Morgan fingerprint density at radius 1 is 1.50 bits per heavy atom. The van der Waals surface area contributed by atoms with Gasteiger partial charge in [-0.15, -0.1) is 12.4 Å². The molecule has 6 nitrogen and oxygen atoms in total. The van der Waals surface area contributed by atoms with Gasteiger partial charge in [-0.1, -0.05) is 12.1 Å². The fraction of sp³-hybridized carbons (Fsp3) is 0.533. The van der Waals surface area contributed by atoms with E-state index in [4.69, 9.17) is 0 Å². The number of halogens is 1. The molecule has 2 unspecified atom stereocenters. The van der Waals surface area contributed by atoms with E-state index in [1.165, 1.54) is 12.1 Å². The predicted octanol–water partition coefficient (Wildman–Crippen LogP) is 2.21. The Morgan fingerprint density at radius 3 is 2.95 bits per heavy atom. The van der Waals surface area contributed by atoms with Gasteiger partial charge in [0.25, 0.3) is 5.69 Å². The van der Waals surface area contributed by atoms with Crippen LogP contribution in [0.25, 0.3) is 0 Å². The Kier molecular flexibility index (Phi) is 7.27. The number of hydrogen-bond donors (Lipinski definition) is 2. The van der Waals surface area contributed by atoms with E-state index in [2.05, 4.69) is 17.6 Å². The molecule has 22 heavy (non-hydrogen) atoms.